The third kappa shape index (κ3) is 8.26. The zero-order valence-electron chi connectivity index (χ0n) is 15.8. The van der Waals surface area contributed by atoms with Crippen LogP contribution >= 0.6 is 0 Å². The molecular weight excluding hydrogens is 430 g/mol. The van der Waals surface area contributed by atoms with Gasteiger partial charge in [0.2, 0.25) is 0 Å². The summed E-state index contributed by atoms with van der Waals surface area (Å²) in [5.74, 6) is -5.23. The van der Waals surface area contributed by atoms with Crippen molar-refractivity contribution in [1.29, 1.82) is 0 Å². The van der Waals surface area contributed by atoms with Crippen molar-refractivity contribution in [2.45, 2.75) is 37.7 Å². The highest BCUT2D eigenvalue weighted by Crippen LogP contribution is 2.29. The highest BCUT2D eigenvalue weighted by Gasteiger charge is 2.38. The summed E-state index contributed by atoms with van der Waals surface area (Å²) in [6.07, 6.45) is -6.35. The summed E-state index contributed by atoms with van der Waals surface area (Å²) in [5.41, 5.74) is 7.49. The Hall–Kier alpha value is -2.84. The number of carboxylic acid groups (broad SMARTS) is 2. The predicted molar refractivity (Wildman–Crippen MR) is 88.7 cm³/mol. The Balaban J connectivity index is 0.000000503. The molecule has 1 atom stereocenters. The van der Waals surface area contributed by atoms with Gasteiger partial charge >= 0.3 is 24.3 Å². The van der Waals surface area contributed by atoms with Crippen LogP contribution in [0.3, 0.4) is 0 Å². The van der Waals surface area contributed by atoms with Gasteiger partial charge in [0.1, 0.15) is 0 Å². The van der Waals surface area contributed by atoms with E-state index in [1.165, 1.54) is 0 Å². The Bertz CT molecular complexity index is 721. The molecule has 1 aliphatic rings. The molecule has 2 rings (SSSR count). The van der Waals surface area contributed by atoms with Gasteiger partial charge in [-0.25, -0.2) is 9.59 Å². The van der Waals surface area contributed by atoms with Crippen LogP contribution in [0.5, 0.6) is 0 Å². The second-order valence-electron chi connectivity index (χ2n) is 6.05. The number of nitrogens with two attached hydrogens (primary N) is 1. The van der Waals surface area contributed by atoms with Gasteiger partial charge in [-0.3, -0.25) is 9.48 Å². The highest BCUT2D eigenvalue weighted by atomic mass is 19.4. The van der Waals surface area contributed by atoms with Gasteiger partial charge < -0.3 is 20.8 Å². The molecule has 0 aromatic carbocycles. The summed E-state index contributed by atoms with van der Waals surface area (Å²) in [6.45, 7) is 1.48. The zero-order chi connectivity index (χ0) is 23.9. The lowest BCUT2D eigenvalue weighted by atomic mass is 9.93. The standard InChI is InChI=1S/C11H18N4O.2C2HF3O2/c1-14(2)11(16)9-7-13-15-5-3-4-8(6-12)10(9)15;2*3-2(4,5)1(6)7/h7-8H,3-6,12H2,1-2H3;2*(H,6,7)/t8-;;/m1../s1. The normalized spacial score (nSPS) is 15.6. The monoisotopic (exact) mass is 450 g/mol. The Morgan fingerprint density at radius 3 is 1.90 bits per heavy atom. The van der Waals surface area contributed by atoms with E-state index in [0.29, 0.717) is 12.1 Å². The Morgan fingerprint density at radius 1 is 1.13 bits per heavy atom. The van der Waals surface area contributed by atoms with E-state index >= 15 is 0 Å². The second-order valence-corrected chi connectivity index (χ2v) is 6.05. The van der Waals surface area contributed by atoms with Crippen LogP contribution in [0, 0.1) is 0 Å². The van der Waals surface area contributed by atoms with E-state index in [-0.39, 0.29) is 11.8 Å². The van der Waals surface area contributed by atoms with Gasteiger partial charge in [0.15, 0.2) is 0 Å². The first kappa shape index (κ1) is 27.2. The number of aromatic nitrogens is 2. The van der Waals surface area contributed by atoms with Gasteiger partial charge in [-0.1, -0.05) is 0 Å². The Morgan fingerprint density at radius 2 is 1.57 bits per heavy atom. The first-order chi connectivity index (χ1) is 13.5. The van der Waals surface area contributed by atoms with Crippen LogP contribution in [0.2, 0.25) is 0 Å². The molecule has 0 saturated heterocycles. The van der Waals surface area contributed by atoms with Crippen LogP contribution in [0.15, 0.2) is 6.20 Å². The number of aryl methyl sites for hydroxylation is 1. The van der Waals surface area contributed by atoms with Crippen LogP contribution in [-0.2, 0) is 16.1 Å². The molecule has 0 unspecified atom stereocenters. The van der Waals surface area contributed by atoms with Gasteiger partial charge in [0.05, 0.1) is 17.5 Å². The number of aliphatic carboxylic acids is 2. The van der Waals surface area contributed by atoms with Crippen molar-refractivity contribution in [3.8, 4) is 0 Å². The third-order valence-electron chi connectivity index (χ3n) is 3.60. The van der Waals surface area contributed by atoms with Gasteiger partial charge in [-0.15, -0.1) is 0 Å². The summed E-state index contributed by atoms with van der Waals surface area (Å²) in [5, 5.41) is 18.5. The molecule has 1 amide bonds. The number of amides is 1. The third-order valence-corrected chi connectivity index (χ3v) is 3.60. The van der Waals surface area contributed by atoms with E-state index < -0.39 is 24.3 Å². The summed E-state index contributed by atoms with van der Waals surface area (Å²) in [7, 11) is 3.51. The van der Waals surface area contributed by atoms with Gasteiger partial charge in [-0.2, -0.15) is 31.4 Å². The maximum Gasteiger partial charge on any atom is 0.490 e. The van der Waals surface area contributed by atoms with E-state index in [1.54, 1.807) is 25.2 Å². The van der Waals surface area contributed by atoms with E-state index in [0.717, 1.165) is 25.1 Å². The van der Waals surface area contributed by atoms with Crippen LogP contribution in [0.4, 0.5) is 26.3 Å². The molecule has 172 valence electrons. The number of rotatable bonds is 2. The number of alkyl halides is 6. The number of hydrogen-bond acceptors (Lipinski definition) is 5. The van der Waals surface area contributed by atoms with Gasteiger partial charge in [-0.05, 0) is 12.8 Å². The quantitative estimate of drug-likeness (QED) is 0.583. The first-order valence-electron chi connectivity index (χ1n) is 8.11. The zero-order valence-corrected chi connectivity index (χ0v) is 15.8. The molecule has 30 heavy (non-hydrogen) atoms. The molecule has 9 nitrogen and oxygen atoms in total. The molecule has 1 aromatic rings. The Labute approximate surface area is 166 Å². The number of carboxylic acids is 2. The lowest BCUT2D eigenvalue weighted by molar-refractivity contribution is -0.193. The average molecular weight is 450 g/mol. The Kier molecular flexibility index (Phi) is 9.78. The molecule has 2 heterocycles. The summed E-state index contributed by atoms with van der Waals surface area (Å²) in [4.78, 5) is 31.3. The topological polar surface area (TPSA) is 139 Å². The maximum atomic E-state index is 12.0. The number of hydrogen-bond donors (Lipinski definition) is 3. The number of nitrogens with zero attached hydrogens (tertiary/aromatic N) is 3. The fourth-order valence-electron chi connectivity index (χ4n) is 2.26. The first-order valence-corrected chi connectivity index (χ1v) is 8.11. The molecule has 15 heteroatoms. The lowest BCUT2D eigenvalue weighted by Gasteiger charge is -2.24. The molecule has 0 spiro atoms. The minimum absolute atomic E-state index is 0.0154. The van der Waals surface area contributed by atoms with Crippen molar-refractivity contribution in [3.63, 3.8) is 0 Å². The number of carbonyl (C=O) groups excluding carboxylic acids is 1. The molecule has 0 fully saturated rings. The molecule has 4 N–H and O–H groups in total. The molecule has 0 bridgehead atoms. The van der Waals surface area contributed by atoms with E-state index in [4.69, 9.17) is 25.5 Å². The summed E-state index contributed by atoms with van der Waals surface area (Å²) >= 11 is 0. The molecule has 1 aromatic heterocycles. The fraction of sp³-hybridized carbons (Fsp3) is 0.600. The van der Waals surface area contributed by atoms with Crippen molar-refractivity contribution in [2.75, 3.05) is 20.6 Å². The molecule has 0 radical (unpaired) electrons. The van der Waals surface area contributed by atoms with Crippen molar-refractivity contribution >= 4 is 17.8 Å². The average Bonchev–Trinajstić information content (AvgIpc) is 3.04. The predicted octanol–water partition coefficient (Wildman–Crippen LogP) is 1.69. The smallest absolute Gasteiger partial charge is 0.475 e. The SMILES string of the molecule is CN(C)C(=O)c1cnn2c1[C@@H](CN)CCC2.O=C(O)C(F)(F)F.O=C(O)C(F)(F)F. The van der Waals surface area contributed by atoms with Gasteiger partial charge in [0.25, 0.3) is 5.91 Å². The van der Waals surface area contributed by atoms with E-state index in [1.807, 2.05) is 4.68 Å². The summed E-state index contributed by atoms with van der Waals surface area (Å²) < 4.78 is 65.4. The van der Waals surface area contributed by atoms with Crippen LogP contribution < -0.4 is 5.73 Å². The molecular formula is C15H20F6N4O5. The van der Waals surface area contributed by atoms with Gasteiger partial charge in [0, 0.05) is 33.1 Å². The number of fused-ring (bicyclic) bond motifs is 1. The van der Waals surface area contributed by atoms with Crippen molar-refractivity contribution in [3.05, 3.63) is 17.5 Å². The molecule has 1 aliphatic heterocycles. The van der Waals surface area contributed by atoms with Crippen molar-refractivity contribution < 1.29 is 50.9 Å². The number of carbonyl (C=O) groups is 3. The minimum atomic E-state index is -5.08. The molecule has 0 saturated carbocycles. The lowest BCUT2D eigenvalue weighted by Crippen LogP contribution is -2.27. The maximum absolute atomic E-state index is 12.0. The van der Waals surface area contributed by atoms with Crippen LogP contribution in [-0.4, -0.2) is 75.7 Å². The van der Waals surface area contributed by atoms with Crippen LogP contribution in [0.1, 0.15) is 34.8 Å². The van der Waals surface area contributed by atoms with E-state index in [2.05, 4.69) is 5.10 Å². The summed E-state index contributed by atoms with van der Waals surface area (Å²) in [6, 6.07) is 0. The number of halogens is 6. The van der Waals surface area contributed by atoms with Crippen molar-refractivity contribution in [1.82, 2.24) is 14.7 Å². The van der Waals surface area contributed by atoms with E-state index in [9.17, 15) is 31.1 Å². The fourth-order valence-corrected chi connectivity index (χ4v) is 2.26. The minimum Gasteiger partial charge on any atom is -0.475 e. The second kappa shape index (κ2) is 10.8. The van der Waals surface area contributed by atoms with Crippen molar-refractivity contribution in [2.24, 2.45) is 5.73 Å². The largest absolute Gasteiger partial charge is 0.490 e. The molecule has 0 aliphatic carbocycles. The van der Waals surface area contributed by atoms with Crippen LogP contribution in [0.25, 0.3) is 0 Å². The highest BCUT2D eigenvalue weighted by molar-refractivity contribution is 5.95.